The van der Waals surface area contributed by atoms with E-state index in [4.69, 9.17) is 27.9 Å². The maximum absolute atomic E-state index is 12.2. The third-order valence-electron chi connectivity index (χ3n) is 3.47. The minimum atomic E-state index is -4.78. The van der Waals surface area contributed by atoms with E-state index in [1.165, 1.54) is 35.1 Å². The lowest BCUT2D eigenvalue weighted by molar-refractivity contribution is -0.274. The fraction of sp³-hybridized carbons (Fsp3) is 0.111. The summed E-state index contributed by atoms with van der Waals surface area (Å²) in [5.41, 5.74) is 0.370. The van der Waals surface area contributed by atoms with Crippen molar-refractivity contribution in [1.82, 2.24) is 9.78 Å². The van der Waals surface area contributed by atoms with Crippen LogP contribution in [0, 0.1) is 0 Å². The Hall–Kier alpha value is -2.91. The molecule has 0 saturated heterocycles. The van der Waals surface area contributed by atoms with Gasteiger partial charge in [0.15, 0.2) is 12.4 Å². The second kappa shape index (κ2) is 8.62. The number of nitrogens with zero attached hydrogens (tertiary/aromatic N) is 2. The zero-order valence-electron chi connectivity index (χ0n) is 14.4. The SMILES string of the molecule is O=C(Nc1ccc(OC(F)(F)F)cc1)c1ccn(COc2ccc(Cl)cc2Cl)n1. The molecule has 3 aromatic rings. The number of halogens is 5. The van der Waals surface area contributed by atoms with Gasteiger partial charge in [-0.25, -0.2) is 4.68 Å². The fourth-order valence-electron chi connectivity index (χ4n) is 2.22. The van der Waals surface area contributed by atoms with Gasteiger partial charge in [0.05, 0.1) is 5.02 Å². The normalized spacial score (nSPS) is 11.2. The number of ether oxygens (including phenoxy) is 2. The van der Waals surface area contributed by atoms with Gasteiger partial charge in [-0.2, -0.15) is 5.10 Å². The Balaban J connectivity index is 1.57. The molecule has 152 valence electrons. The summed E-state index contributed by atoms with van der Waals surface area (Å²) < 4.78 is 47.1. The number of carbonyl (C=O) groups is 1. The van der Waals surface area contributed by atoms with Crippen molar-refractivity contribution >= 4 is 34.8 Å². The van der Waals surface area contributed by atoms with E-state index < -0.39 is 18.0 Å². The molecule has 0 spiro atoms. The Morgan fingerprint density at radius 2 is 1.83 bits per heavy atom. The van der Waals surface area contributed by atoms with E-state index in [1.807, 2.05) is 0 Å². The second-order valence-electron chi connectivity index (χ2n) is 5.61. The Kier molecular flexibility index (Phi) is 6.19. The number of carbonyl (C=O) groups excluding carboxylic acids is 1. The molecule has 1 heterocycles. The summed E-state index contributed by atoms with van der Waals surface area (Å²) in [6.45, 7) is -0.00187. The van der Waals surface area contributed by atoms with Crippen molar-refractivity contribution in [3.05, 3.63) is 70.5 Å². The second-order valence-corrected chi connectivity index (χ2v) is 6.46. The Morgan fingerprint density at radius 1 is 1.10 bits per heavy atom. The lowest BCUT2D eigenvalue weighted by atomic mass is 10.3. The van der Waals surface area contributed by atoms with Crippen molar-refractivity contribution in [2.45, 2.75) is 13.1 Å². The molecule has 0 bridgehead atoms. The molecule has 0 aliphatic carbocycles. The van der Waals surface area contributed by atoms with Gasteiger partial charge in [-0.05, 0) is 48.5 Å². The molecule has 0 radical (unpaired) electrons. The summed E-state index contributed by atoms with van der Waals surface area (Å²) >= 11 is 11.8. The summed E-state index contributed by atoms with van der Waals surface area (Å²) in [6.07, 6.45) is -3.26. The Bertz CT molecular complexity index is 1010. The molecule has 11 heteroatoms. The van der Waals surface area contributed by atoms with Crippen molar-refractivity contribution in [2.24, 2.45) is 0 Å². The quantitative estimate of drug-likeness (QED) is 0.553. The first-order valence-corrected chi connectivity index (χ1v) is 8.74. The van der Waals surface area contributed by atoms with Crippen molar-refractivity contribution in [3.63, 3.8) is 0 Å². The lowest BCUT2D eigenvalue weighted by Crippen LogP contribution is -2.17. The topological polar surface area (TPSA) is 65.4 Å². The third-order valence-corrected chi connectivity index (χ3v) is 4.00. The zero-order chi connectivity index (χ0) is 21.0. The van der Waals surface area contributed by atoms with Crippen molar-refractivity contribution in [1.29, 1.82) is 0 Å². The highest BCUT2D eigenvalue weighted by atomic mass is 35.5. The summed E-state index contributed by atoms with van der Waals surface area (Å²) in [4.78, 5) is 12.2. The van der Waals surface area contributed by atoms with Crippen LogP contribution < -0.4 is 14.8 Å². The number of nitrogens with one attached hydrogen (secondary N) is 1. The summed E-state index contributed by atoms with van der Waals surface area (Å²) in [5, 5.41) is 7.40. The number of rotatable bonds is 6. The molecule has 0 atom stereocenters. The smallest absolute Gasteiger partial charge is 0.470 e. The van der Waals surface area contributed by atoms with Crippen LogP contribution in [-0.4, -0.2) is 22.1 Å². The number of amides is 1. The van der Waals surface area contributed by atoms with Crippen LogP contribution in [0.15, 0.2) is 54.7 Å². The highest BCUT2D eigenvalue weighted by Crippen LogP contribution is 2.28. The van der Waals surface area contributed by atoms with E-state index in [-0.39, 0.29) is 18.1 Å². The molecule has 1 amide bonds. The van der Waals surface area contributed by atoms with Crippen LogP contribution in [0.4, 0.5) is 18.9 Å². The molecule has 1 N–H and O–H groups in total. The van der Waals surface area contributed by atoms with E-state index in [0.717, 1.165) is 12.1 Å². The molecule has 2 aromatic carbocycles. The predicted molar refractivity (Wildman–Crippen MR) is 100 cm³/mol. The molecule has 29 heavy (non-hydrogen) atoms. The van der Waals surface area contributed by atoms with E-state index in [9.17, 15) is 18.0 Å². The number of aromatic nitrogens is 2. The van der Waals surface area contributed by atoms with E-state index >= 15 is 0 Å². The van der Waals surface area contributed by atoms with Crippen LogP contribution in [0.3, 0.4) is 0 Å². The maximum Gasteiger partial charge on any atom is 0.573 e. The molecule has 1 aromatic heterocycles. The van der Waals surface area contributed by atoms with Crippen LogP contribution in [0.2, 0.25) is 10.0 Å². The largest absolute Gasteiger partial charge is 0.573 e. The Morgan fingerprint density at radius 3 is 2.48 bits per heavy atom. The molecular formula is C18H12Cl2F3N3O3. The molecule has 0 fully saturated rings. The van der Waals surface area contributed by atoms with Crippen LogP contribution in [0.1, 0.15) is 10.5 Å². The van der Waals surface area contributed by atoms with Gasteiger partial charge >= 0.3 is 6.36 Å². The minimum absolute atomic E-state index is 0.00187. The summed E-state index contributed by atoms with van der Waals surface area (Å²) in [6, 6.07) is 11.0. The van der Waals surface area contributed by atoms with Crippen molar-refractivity contribution in [2.75, 3.05) is 5.32 Å². The number of benzene rings is 2. The van der Waals surface area contributed by atoms with Crippen LogP contribution in [0.25, 0.3) is 0 Å². The molecule has 6 nitrogen and oxygen atoms in total. The highest BCUT2D eigenvalue weighted by molar-refractivity contribution is 6.35. The first-order valence-electron chi connectivity index (χ1n) is 7.98. The van der Waals surface area contributed by atoms with Crippen molar-refractivity contribution < 1.29 is 27.4 Å². The van der Waals surface area contributed by atoms with Gasteiger partial charge in [0, 0.05) is 16.9 Å². The van der Waals surface area contributed by atoms with Crippen LogP contribution >= 0.6 is 23.2 Å². The van der Waals surface area contributed by atoms with E-state index in [2.05, 4.69) is 15.2 Å². The average Bonchev–Trinajstić information content (AvgIpc) is 3.10. The predicted octanol–water partition coefficient (Wildman–Crippen LogP) is 5.38. The van der Waals surface area contributed by atoms with Gasteiger partial charge in [0.25, 0.3) is 5.91 Å². The monoisotopic (exact) mass is 445 g/mol. The Labute approximate surface area is 172 Å². The van der Waals surface area contributed by atoms with Crippen LogP contribution in [0.5, 0.6) is 11.5 Å². The van der Waals surface area contributed by atoms with Gasteiger partial charge in [-0.1, -0.05) is 23.2 Å². The molecule has 0 aliphatic rings. The van der Waals surface area contributed by atoms with Crippen molar-refractivity contribution in [3.8, 4) is 11.5 Å². The minimum Gasteiger partial charge on any atom is -0.470 e. The number of anilines is 1. The molecule has 0 aliphatic heterocycles. The standard InChI is InChI=1S/C18H12Cl2F3N3O3/c19-11-1-6-16(14(20)9-11)28-10-26-8-7-15(25-26)17(27)24-12-2-4-13(5-3-12)29-18(21,22)23/h1-9H,10H2,(H,24,27). The molecule has 3 rings (SSSR count). The van der Waals surface area contributed by atoms with Gasteiger partial charge in [-0.15, -0.1) is 13.2 Å². The first-order chi connectivity index (χ1) is 13.7. The fourth-order valence-corrected chi connectivity index (χ4v) is 2.68. The van der Waals surface area contributed by atoms with E-state index in [1.54, 1.807) is 12.1 Å². The number of hydrogen-bond donors (Lipinski definition) is 1. The first kappa shape index (κ1) is 20.8. The third kappa shape index (κ3) is 6.03. The summed E-state index contributed by atoms with van der Waals surface area (Å²) in [7, 11) is 0. The van der Waals surface area contributed by atoms with Gasteiger partial charge < -0.3 is 14.8 Å². The van der Waals surface area contributed by atoms with Gasteiger partial charge in [0.2, 0.25) is 0 Å². The van der Waals surface area contributed by atoms with Gasteiger partial charge in [0.1, 0.15) is 11.5 Å². The molecular weight excluding hydrogens is 434 g/mol. The maximum atomic E-state index is 12.2. The van der Waals surface area contributed by atoms with Crippen LogP contribution in [-0.2, 0) is 6.73 Å². The lowest BCUT2D eigenvalue weighted by Gasteiger charge is -2.09. The van der Waals surface area contributed by atoms with E-state index in [0.29, 0.717) is 15.8 Å². The number of hydrogen-bond acceptors (Lipinski definition) is 4. The number of alkyl halides is 3. The summed E-state index contributed by atoms with van der Waals surface area (Å²) in [5.74, 6) is -0.533. The molecule has 0 saturated carbocycles. The van der Waals surface area contributed by atoms with Gasteiger partial charge in [-0.3, -0.25) is 4.79 Å². The zero-order valence-corrected chi connectivity index (χ0v) is 15.9. The molecule has 0 unspecified atom stereocenters. The highest BCUT2D eigenvalue weighted by Gasteiger charge is 2.31. The average molecular weight is 446 g/mol.